The molecule has 0 fully saturated rings. The Kier molecular flexibility index (Phi) is 7.50. The van der Waals surface area contributed by atoms with Gasteiger partial charge in [0, 0.05) is 0 Å². The molecule has 0 nitrogen and oxygen atoms in total. The number of fused-ring (bicyclic) bond motifs is 1. The summed E-state index contributed by atoms with van der Waals surface area (Å²) in [4.78, 5) is 0. The van der Waals surface area contributed by atoms with Crippen LogP contribution in [0.15, 0.2) is 48.0 Å². The van der Waals surface area contributed by atoms with Gasteiger partial charge in [-0.05, 0) is 0 Å². The van der Waals surface area contributed by atoms with Gasteiger partial charge in [-0.1, -0.05) is 13.3 Å². The molecule has 0 heterocycles. The summed E-state index contributed by atoms with van der Waals surface area (Å²) in [7, 11) is 0. The van der Waals surface area contributed by atoms with E-state index in [1.807, 2.05) is 0 Å². The van der Waals surface area contributed by atoms with Crippen molar-refractivity contribution in [3.63, 3.8) is 0 Å². The first kappa shape index (κ1) is 19.8. The van der Waals surface area contributed by atoms with Crippen LogP contribution in [0.5, 0.6) is 0 Å². The summed E-state index contributed by atoms with van der Waals surface area (Å²) >= 11 is 1.63. The predicted molar refractivity (Wildman–Crippen MR) is 110 cm³/mol. The molecule has 1 aliphatic carbocycles. The van der Waals surface area contributed by atoms with E-state index in [1.54, 1.807) is 35.9 Å². The molecule has 0 N–H and O–H groups in total. The third-order valence-electron chi connectivity index (χ3n) is 5.55. The second-order valence-corrected chi connectivity index (χ2v) is 8.99. The van der Waals surface area contributed by atoms with Crippen LogP contribution >= 0.6 is 0 Å². The Balaban J connectivity index is 1.78. The normalized spacial score (nSPS) is 15.7. The van der Waals surface area contributed by atoms with Crippen molar-refractivity contribution in [2.75, 3.05) is 0 Å². The zero-order valence-corrected chi connectivity index (χ0v) is 18.8. The zero-order chi connectivity index (χ0) is 18.4. The maximum atomic E-state index is 2.50. The molecule has 1 unspecified atom stereocenters. The van der Waals surface area contributed by atoms with Gasteiger partial charge in [-0.15, -0.1) is 0 Å². The van der Waals surface area contributed by atoms with E-state index in [1.165, 1.54) is 73.6 Å². The van der Waals surface area contributed by atoms with Crippen LogP contribution < -0.4 is 0 Å². The third kappa shape index (κ3) is 4.66. The van der Waals surface area contributed by atoms with Crippen molar-refractivity contribution < 1.29 is 24.7 Å². The van der Waals surface area contributed by atoms with Crippen molar-refractivity contribution in [1.82, 2.24) is 0 Å². The van der Waals surface area contributed by atoms with Gasteiger partial charge < -0.3 is 0 Å². The number of aryl methyl sites for hydroxylation is 1. The Labute approximate surface area is 175 Å². The summed E-state index contributed by atoms with van der Waals surface area (Å²) in [6.07, 6.45) is 12.9. The van der Waals surface area contributed by atoms with Gasteiger partial charge in [0.1, 0.15) is 0 Å². The predicted octanol–water partition coefficient (Wildman–Crippen LogP) is 7.65. The molecule has 1 aliphatic rings. The van der Waals surface area contributed by atoms with Gasteiger partial charge in [0.25, 0.3) is 0 Å². The summed E-state index contributed by atoms with van der Waals surface area (Å²) in [6, 6.07) is 16.2. The maximum absolute atomic E-state index is 2.50. The molecular formula is C25H31Zr. The quantitative estimate of drug-likeness (QED) is 0.364. The van der Waals surface area contributed by atoms with E-state index in [0.29, 0.717) is 3.63 Å². The second kappa shape index (κ2) is 9.84. The Morgan fingerprint density at radius 3 is 2.31 bits per heavy atom. The van der Waals surface area contributed by atoms with E-state index >= 15 is 0 Å². The molecule has 0 aromatic heterocycles. The molecule has 0 saturated carbocycles. The molecule has 3 rings (SSSR count). The van der Waals surface area contributed by atoms with Crippen LogP contribution in [0.4, 0.5) is 0 Å². The number of hydrogen-bond donors (Lipinski definition) is 0. The summed E-state index contributed by atoms with van der Waals surface area (Å²) in [5, 5.41) is 0. The molecule has 0 amide bonds. The van der Waals surface area contributed by atoms with Crippen molar-refractivity contribution in [2.45, 2.75) is 68.8 Å². The summed E-state index contributed by atoms with van der Waals surface area (Å²) < 4.78 is 0.668. The Bertz CT molecular complexity index is 739. The Morgan fingerprint density at radius 1 is 0.808 bits per heavy atom. The van der Waals surface area contributed by atoms with Gasteiger partial charge in [0.2, 0.25) is 0 Å². The summed E-state index contributed by atoms with van der Waals surface area (Å²) in [6.45, 7) is 4.56. The number of unbranched alkanes of at least 4 members (excludes halogenated alkanes) is 4. The number of hydrogen-bond acceptors (Lipinski definition) is 0. The van der Waals surface area contributed by atoms with Crippen molar-refractivity contribution in [1.29, 1.82) is 0 Å². The summed E-state index contributed by atoms with van der Waals surface area (Å²) in [5.41, 5.74) is 8.95. The number of benzene rings is 2. The van der Waals surface area contributed by atoms with Crippen LogP contribution in [-0.2, 0) is 31.1 Å². The van der Waals surface area contributed by atoms with E-state index in [4.69, 9.17) is 0 Å². The standard InChI is InChI=1S/C25H31.Zr/c1-3-5-7-8-11-20-14-16-22(17-15-20)24-13-9-12-23-18-21(10-6-4-2)19-25(23)24;/h9,12-19H,3-8,10-11H2,1-2H3;. The monoisotopic (exact) mass is 421 g/mol. The van der Waals surface area contributed by atoms with Crippen molar-refractivity contribution in [3.05, 3.63) is 64.7 Å². The Morgan fingerprint density at radius 2 is 1.58 bits per heavy atom. The molecule has 0 radical (unpaired) electrons. The minimum absolute atomic E-state index is 0.668. The van der Waals surface area contributed by atoms with Gasteiger partial charge in [0.05, 0.1) is 0 Å². The van der Waals surface area contributed by atoms with Crippen LogP contribution in [0.3, 0.4) is 0 Å². The van der Waals surface area contributed by atoms with Gasteiger partial charge in [-0.2, -0.15) is 0 Å². The van der Waals surface area contributed by atoms with Gasteiger partial charge >= 0.3 is 162 Å². The molecule has 0 aliphatic heterocycles. The molecule has 1 atom stereocenters. The molecule has 1 heteroatoms. The van der Waals surface area contributed by atoms with Crippen LogP contribution in [0.2, 0.25) is 0 Å². The molecule has 0 spiro atoms. The second-order valence-electron chi connectivity index (χ2n) is 7.57. The van der Waals surface area contributed by atoms with Gasteiger partial charge in [-0.3, -0.25) is 0 Å². The fourth-order valence-electron chi connectivity index (χ4n) is 3.92. The SMILES string of the molecule is CCCCCCc1ccc(-c2cccc3c2C=C(CCCC)[CH]3[Zr])cc1. The van der Waals surface area contributed by atoms with Gasteiger partial charge in [-0.25, -0.2) is 0 Å². The fraction of sp³-hybridized carbons (Fsp3) is 0.440. The molecule has 2 aromatic carbocycles. The first-order valence-corrected chi connectivity index (χ1v) is 11.8. The molecule has 26 heavy (non-hydrogen) atoms. The van der Waals surface area contributed by atoms with E-state index < -0.39 is 0 Å². The topological polar surface area (TPSA) is 0 Å². The minimum atomic E-state index is 0.668. The zero-order valence-electron chi connectivity index (χ0n) is 16.4. The summed E-state index contributed by atoms with van der Waals surface area (Å²) in [5.74, 6) is 0. The van der Waals surface area contributed by atoms with Crippen molar-refractivity contribution >= 4 is 6.08 Å². The number of allylic oxidation sites excluding steroid dienone is 1. The van der Waals surface area contributed by atoms with Crippen LogP contribution in [-0.4, -0.2) is 0 Å². The first-order valence-electron chi connectivity index (χ1n) is 10.4. The van der Waals surface area contributed by atoms with Crippen LogP contribution in [0, 0.1) is 0 Å². The Hall–Kier alpha value is -0.937. The van der Waals surface area contributed by atoms with E-state index in [9.17, 15) is 0 Å². The van der Waals surface area contributed by atoms with E-state index in [0.717, 1.165) is 0 Å². The first-order chi connectivity index (χ1) is 12.7. The average Bonchev–Trinajstić information content (AvgIpc) is 3.00. The third-order valence-corrected chi connectivity index (χ3v) is 7.23. The average molecular weight is 423 g/mol. The fourth-order valence-corrected chi connectivity index (χ4v) is 5.10. The molecule has 2 aromatic rings. The van der Waals surface area contributed by atoms with Crippen LogP contribution in [0.25, 0.3) is 17.2 Å². The molecule has 0 bridgehead atoms. The number of rotatable bonds is 9. The molecule has 0 saturated heterocycles. The van der Waals surface area contributed by atoms with Crippen LogP contribution in [0.1, 0.15) is 79.1 Å². The van der Waals surface area contributed by atoms with Crippen molar-refractivity contribution in [2.24, 2.45) is 0 Å². The molecular weight excluding hydrogens is 391 g/mol. The van der Waals surface area contributed by atoms with E-state index in [-0.39, 0.29) is 0 Å². The van der Waals surface area contributed by atoms with E-state index in [2.05, 4.69) is 62.4 Å². The van der Waals surface area contributed by atoms with Crippen molar-refractivity contribution in [3.8, 4) is 11.1 Å². The molecule has 135 valence electrons. The van der Waals surface area contributed by atoms with Gasteiger partial charge in [0.15, 0.2) is 0 Å².